The van der Waals surface area contributed by atoms with E-state index in [-0.39, 0.29) is 17.9 Å². The van der Waals surface area contributed by atoms with Crippen molar-refractivity contribution in [2.75, 3.05) is 6.61 Å². The molecule has 0 radical (unpaired) electrons. The summed E-state index contributed by atoms with van der Waals surface area (Å²) in [6.45, 7) is 2.79. The van der Waals surface area contributed by atoms with E-state index in [4.69, 9.17) is 10.2 Å². The third kappa shape index (κ3) is 4.62. The average Bonchev–Trinajstić information content (AvgIpc) is 2.27. The zero-order chi connectivity index (χ0) is 14.7. The number of aliphatic carboxylic acids is 1. The van der Waals surface area contributed by atoms with Crippen molar-refractivity contribution >= 4 is 16.0 Å². The van der Waals surface area contributed by atoms with Gasteiger partial charge in [-0.05, 0) is 31.5 Å². The molecule has 0 spiro atoms. The Balaban J connectivity index is 2.94. The lowest BCUT2D eigenvalue weighted by Crippen LogP contribution is -2.46. The topological polar surface area (TPSA) is 104 Å². The lowest BCUT2D eigenvalue weighted by molar-refractivity contribution is -0.136. The van der Waals surface area contributed by atoms with E-state index in [1.807, 2.05) is 0 Å². The van der Waals surface area contributed by atoms with E-state index in [0.717, 1.165) is 0 Å². The Morgan fingerprint density at radius 3 is 2.21 bits per heavy atom. The van der Waals surface area contributed by atoms with Gasteiger partial charge in [-0.2, -0.15) is 0 Å². The van der Waals surface area contributed by atoms with E-state index in [0.29, 0.717) is 5.56 Å². The normalized spacial score (nSPS) is 12.4. The number of carbonyl (C=O) groups is 1. The molecule has 0 saturated heterocycles. The van der Waals surface area contributed by atoms with Gasteiger partial charge in [-0.1, -0.05) is 12.1 Å². The maximum atomic E-state index is 12.0. The van der Waals surface area contributed by atoms with Gasteiger partial charge in [0.2, 0.25) is 10.0 Å². The number of hydrogen-bond donors (Lipinski definition) is 3. The Morgan fingerprint density at radius 1 is 1.26 bits per heavy atom. The minimum Gasteiger partial charge on any atom is -0.481 e. The van der Waals surface area contributed by atoms with E-state index < -0.39 is 21.5 Å². The molecular weight excluding hydrogens is 270 g/mol. The summed E-state index contributed by atoms with van der Waals surface area (Å²) in [4.78, 5) is 10.5. The summed E-state index contributed by atoms with van der Waals surface area (Å²) in [5.74, 6) is -0.977. The molecule has 0 unspecified atom stereocenters. The van der Waals surface area contributed by atoms with Crippen LogP contribution in [0.15, 0.2) is 29.2 Å². The third-order valence-electron chi connectivity index (χ3n) is 2.39. The van der Waals surface area contributed by atoms with E-state index in [1.54, 1.807) is 13.8 Å². The predicted molar refractivity (Wildman–Crippen MR) is 69.3 cm³/mol. The summed E-state index contributed by atoms with van der Waals surface area (Å²) in [5.41, 5.74) is -0.439. The van der Waals surface area contributed by atoms with Gasteiger partial charge in [0.05, 0.1) is 23.5 Å². The first-order valence-corrected chi connectivity index (χ1v) is 7.10. The van der Waals surface area contributed by atoms with Gasteiger partial charge in [0.15, 0.2) is 0 Å². The van der Waals surface area contributed by atoms with E-state index in [9.17, 15) is 13.2 Å². The molecule has 6 nitrogen and oxygen atoms in total. The van der Waals surface area contributed by atoms with Crippen LogP contribution in [0.25, 0.3) is 0 Å². The fourth-order valence-corrected chi connectivity index (χ4v) is 2.82. The van der Waals surface area contributed by atoms with Gasteiger partial charge in [-0.3, -0.25) is 4.79 Å². The van der Waals surface area contributed by atoms with Crippen molar-refractivity contribution in [3.63, 3.8) is 0 Å². The van der Waals surface area contributed by atoms with Crippen molar-refractivity contribution in [2.45, 2.75) is 30.7 Å². The first-order chi connectivity index (χ1) is 8.66. The van der Waals surface area contributed by atoms with Crippen molar-refractivity contribution in [2.24, 2.45) is 0 Å². The smallest absolute Gasteiger partial charge is 0.307 e. The Morgan fingerprint density at radius 2 is 1.79 bits per heavy atom. The van der Waals surface area contributed by atoms with Crippen LogP contribution in [0.1, 0.15) is 19.4 Å². The zero-order valence-electron chi connectivity index (χ0n) is 10.8. The minimum absolute atomic E-state index is 0.0307. The zero-order valence-corrected chi connectivity index (χ0v) is 11.6. The molecule has 0 amide bonds. The molecule has 0 aliphatic heterocycles. The molecule has 0 heterocycles. The highest BCUT2D eigenvalue weighted by atomic mass is 32.2. The van der Waals surface area contributed by atoms with E-state index in [1.165, 1.54) is 24.3 Å². The lowest BCUT2D eigenvalue weighted by atomic mass is 10.1. The molecule has 19 heavy (non-hydrogen) atoms. The first-order valence-electron chi connectivity index (χ1n) is 5.62. The molecule has 1 aromatic rings. The van der Waals surface area contributed by atoms with Crippen molar-refractivity contribution in [1.82, 2.24) is 4.72 Å². The molecule has 0 atom stereocenters. The number of rotatable bonds is 6. The van der Waals surface area contributed by atoms with E-state index >= 15 is 0 Å². The molecule has 1 rings (SSSR count). The van der Waals surface area contributed by atoms with Crippen LogP contribution in [0.4, 0.5) is 0 Å². The number of nitrogens with one attached hydrogen (secondary N) is 1. The third-order valence-corrected chi connectivity index (χ3v) is 4.11. The van der Waals surface area contributed by atoms with Crippen LogP contribution in [-0.4, -0.2) is 36.7 Å². The number of aliphatic hydroxyl groups excluding tert-OH is 1. The molecular formula is C12H17NO5S. The van der Waals surface area contributed by atoms with Gasteiger partial charge >= 0.3 is 5.97 Å². The van der Waals surface area contributed by atoms with Gasteiger partial charge in [-0.25, -0.2) is 13.1 Å². The number of hydrogen-bond acceptors (Lipinski definition) is 4. The second-order valence-electron chi connectivity index (χ2n) is 4.86. The molecule has 0 fully saturated rings. The molecule has 0 bridgehead atoms. The fourth-order valence-electron chi connectivity index (χ4n) is 1.42. The molecule has 106 valence electrons. The highest BCUT2D eigenvalue weighted by Gasteiger charge is 2.25. The largest absolute Gasteiger partial charge is 0.481 e. The van der Waals surface area contributed by atoms with Gasteiger partial charge < -0.3 is 10.2 Å². The first kappa shape index (κ1) is 15.6. The number of benzene rings is 1. The number of aliphatic hydroxyl groups is 1. The highest BCUT2D eigenvalue weighted by Crippen LogP contribution is 2.14. The van der Waals surface area contributed by atoms with Crippen molar-refractivity contribution in [1.29, 1.82) is 0 Å². The highest BCUT2D eigenvalue weighted by molar-refractivity contribution is 7.89. The second-order valence-corrected chi connectivity index (χ2v) is 6.54. The Labute approximate surface area is 112 Å². The van der Waals surface area contributed by atoms with Crippen LogP contribution in [0.3, 0.4) is 0 Å². The van der Waals surface area contributed by atoms with Gasteiger partial charge in [-0.15, -0.1) is 0 Å². The fraction of sp³-hybridized carbons (Fsp3) is 0.417. The summed E-state index contributed by atoms with van der Waals surface area (Å²) in [5, 5.41) is 17.7. The van der Waals surface area contributed by atoms with Gasteiger partial charge in [0.1, 0.15) is 0 Å². The van der Waals surface area contributed by atoms with Crippen LogP contribution < -0.4 is 4.72 Å². The molecule has 0 saturated carbocycles. The molecule has 1 aromatic carbocycles. The average molecular weight is 287 g/mol. The summed E-state index contributed by atoms with van der Waals surface area (Å²) in [6, 6.07) is 5.59. The van der Waals surface area contributed by atoms with Crippen LogP contribution in [0.5, 0.6) is 0 Å². The summed E-state index contributed by atoms with van der Waals surface area (Å²) in [6.07, 6.45) is -0.157. The van der Waals surface area contributed by atoms with Crippen LogP contribution >= 0.6 is 0 Å². The van der Waals surface area contributed by atoms with Crippen molar-refractivity contribution in [3.8, 4) is 0 Å². The maximum Gasteiger partial charge on any atom is 0.307 e. The van der Waals surface area contributed by atoms with Crippen LogP contribution in [0.2, 0.25) is 0 Å². The van der Waals surface area contributed by atoms with Crippen molar-refractivity contribution in [3.05, 3.63) is 29.8 Å². The number of sulfonamides is 1. The second kappa shape index (κ2) is 5.68. The summed E-state index contributed by atoms with van der Waals surface area (Å²) in [7, 11) is -3.73. The van der Waals surface area contributed by atoms with Gasteiger partial charge in [0, 0.05) is 0 Å². The SMILES string of the molecule is CC(C)(CO)NS(=O)(=O)c1ccc(CC(=O)O)cc1. The lowest BCUT2D eigenvalue weighted by Gasteiger charge is -2.23. The number of carboxylic acid groups (broad SMARTS) is 1. The van der Waals surface area contributed by atoms with Crippen molar-refractivity contribution < 1.29 is 23.4 Å². The summed E-state index contributed by atoms with van der Waals surface area (Å²) >= 11 is 0. The van der Waals surface area contributed by atoms with E-state index in [2.05, 4.69) is 4.72 Å². The standard InChI is InChI=1S/C12H17NO5S/c1-12(2,8-14)13-19(17,18)10-5-3-9(4-6-10)7-11(15)16/h3-6,13-14H,7-8H2,1-2H3,(H,15,16). The quantitative estimate of drug-likeness (QED) is 0.701. The Bertz CT molecular complexity index is 548. The molecule has 0 aromatic heterocycles. The number of carboxylic acids is 1. The molecule has 7 heteroatoms. The maximum absolute atomic E-state index is 12.0. The Hall–Kier alpha value is -1.44. The molecule has 0 aliphatic rings. The van der Waals surface area contributed by atoms with Crippen LogP contribution in [0, 0.1) is 0 Å². The predicted octanol–water partition coefficient (Wildman–Crippen LogP) is 0.363. The minimum atomic E-state index is -3.73. The van der Waals surface area contributed by atoms with Gasteiger partial charge in [0.25, 0.3) is 0 Å². The summed E-state index contributed by atoms with van der Waals surface area (Å²) < 4.78 is 26.4. The molecule has 3 N–H and O–H groups in total. The molecule has 0 aliphatic carbocycles. The monoisotopic (exact) mass is 287 g/mol. The van der Waals surface area contributed by atoms with Crippen LogP contribution in [-0.2, 0) is 21.2 Å². The Kier molecular flexibility index (Phi) is 4.67.